The maximum atomic E-state index is 13.0. The lowest BCUT2D eigenvalue weighted by Crippen LogP contribution is -2.70. The van der Waals surface area contributed by atoms with Crippen LogP contribution in [0.25, 0.3) is 0 Å². The molecule has 1 fully saturated rings. The third-order valence-electron chi connectivity index (χ3n) is 5.94. The number of hydrogen-bond acceptors (Lipinski definition) is 8. The van der Waals surface area contributed by atoms with E-state index >= 15 is 0 Å². The standard InChI is InChI=1S/C25H21Cl3N4O7S3/c26-14-5-16(28)17(6-15(14)27)41-11-19(34)30-21-23(37)32-22(25(38)39)12(10-42-24(21)32)9-40-13-1-3-31(4-2-13)8-18(33)29-7-20(35)36/h1-6,21,24H,7-11H2,(H3-,29,30,33,34,35,36,38,39)/p+1/t21-,24-/m1/s1. The number of carboxylic acid groups (broad SMARTS) is 2. The Morgan fingerprint density at radius 1 is 1.02 bits per heavy atom. The van der Waals surface area contributed by atoms with Gasteiger partial charge in [0.2, 0.25) is 12.5 Å². The summed E-state index contributed by atoms with van der Waals surface area (Å²) >= 11 is 22.0. The van der Waals surface area contributed by atoms with E-state index in [4.69, 9.17) is 39.9 Å². The van der Waals surface area contributed by atoms with Gasteiger partial charge < -0.3 is 20.8 Å². The lowest BCUT2D eigenvalue weighted by molar-refractivity contribution is -0.684. The Kier molecular flexibility index (Phi) is 10.9. The highest BCUT2D eigenvalue weighted by molar-refractivity contribution is 8.01. The number of nitrogens with zero attached hydrogens (tertiary/aromatic N) is 2. The third kappa shape index (κ3) is 7.85. The summed E-state index contributed by atoms with van der Waals surface area (Å²) in [6.45, 7) is -0.518. The normalized spacial score (nSPS) is 17.8. The number of rotatable bonds is 12. The highest BCUT2D eigenvalue weighted by atomic mass is 35.5. The third-order valence-corrected chi connectivity index (χ3v) is 10.6. The van der Waals surface area contributed by atoms with E-state index in [1.807, 2.05) is 0 Å². The minimum Gasteiger partial charge on any atom is -0.480 e. The minimum atomic E-state index is -1.22. The second kappa shape index (κ2) is 14.2. The van der Waals surface area contributed by atoms with Gasteiger partial charge >= 0.3 is 11.9 Å². The molecule has 1 saturated heterocycles. The average Bonchev–Trinajstić information content (AvgIpc) is 2.95. The zero-order valence-corrected chi connectivity index (χ0v) is 26.1. The quantitative estimate of drug-likeness (QED) is 0.113. The van der Waals surface area contributed by atoms with Crippen LogP contribution in [0.3, 0.4) is 0 Å². The maximum absolute atomic E-state index is 13.0. The number of halogens is 3. The molecule has 0 unspecified atom stereocenters. The van der Waals surface area contributed by atoms with Crippen LogP contribution in [0.4, 0.5) is 0 Å². The molecule has 2 aromatic rings. The van der Waals surface area contributed by atoms with Gasteiger partial charge in [0.05, 0.1) is 20.8 Å². The highest BCUT2D eigenvalue weighted by Crippen LogP contribution is 2.42. The number of pyridine rings is 1. The van der Waals surface area contributed by atoms with Gasteiger partial charge in [0.1, 0.15) is 23.7 Å². The van der Waals surface area contributed by atoms with E-state index in [1.54, 1.807) is 35.2 Å². The van der Waals surface area contributed by atoms with Crippen molar-refractivity contribution in [1.82, 2.24) is 15.5 Å². The molecule has 1 aromatic carbocycles. The van der Waals surface area contributed by atoms with E-state index in [1.165, 1.54) is 34.5 Å². The molecule has 2 aliphatic heterocycles. The monoisotopic (exact) mass is 691 g/mol. The summed E-state index contributed by atoms with van der Waals surface area (Å²) in [5.41, 5.74) is 0.487. The Bertz CT molecular complexity index is 1480. The van der Waals surface area contributed by atoms with Crippen LogP contribution in [0.1, 0.15) is 0 Å². The minimum absolute atomic E-state index is 0.0353. The van der Waals surface area contributed by atoms with Crippen LogP contribution in [0.2, 0.25) is 15.1 Å². The molecule has 4 N–H and O–H groups in total. The molecule has 2 atom stereocenters. The predicted molar refractivity (Wildman–Crippen MR) is 160 cm³/mol. The van der Waals surface area contributed by atoms with E-state index in [9.17, 15) is 29.1 Å². The number of fused-ring (bicyclic) bond motifs is 1. The molecule has 222 valence electrons. The summed E-state index contributed by atoms with van der Waals surface area (Å²) < 4.78 is 1.58. The molecule has 17 heteroatoms. The topological polar surface area (TPSA) is 157 Å². The molecule has 0 bridgehead atoms. The van der Waals surface area contributed by atoms with Gasteiger partial charge in [-0.25, -0.2) is 4.79 Å². The van der Waals surface area contributed by atoms with Crippen molar-refractivity contribution in [3.8, 4) is 0 Å². The number of carbonyl (C=O) groups excluding carboxylic acids is 3. The zero-order valence-electron chi connectivity index (χ0n) is 21.3. The largest absolute Gasteiger partial charge is 0.480 e. The number of hydrogen-bond donors (Lipinski definition) is 4. The van der Waals surface area contributed by atoms with Crippen LogP contribution in [0.5, 0.6) is 0 Å². The Morgan fingerprint density at radius 3 is 2.38 bits per heavy atom. The van der Waals surface area contributed by atoms with Crippen molar-refractivity contribution in [2.24, 2.45) is 0 Å². The molecule has 0 saturated carbocycles. The molecule has 0 aliphatic carbocycles. The predicted octanol–water partition coefficient (Wildman–Crippen LogP) is 2.76. The first-order valence-electron chi connectivity index (χ1n) is 12.0. The van der Waals surface area contributed by atoms with Crippen LogP contribution in [0, 0.1) is 0 Å². The molecule has 0 radical (unpaired) electrons. The van der Waals surface area contributed by atoms with Crippen molar-refractivity contribution in [2.45, 2.75) is 27.8 Å². The summed E-state index contributed by atoms with van der Waals surface area (Å²) in [5, 5.41) is 23.9. The lowest BCUT2D eigenvalue weighted by atomic mass is 10.0. The van der Waals surface area contributed by atoms with E-state index in [2.05, 4.69) is 10.6 Å². The van der Waals surface area contributed by atoms with Crippen LogP contribution >= 0.6 is 70.1 Å². The van der Waals surface area contributed by atoms with Gasteiger partial charge in [-0.15, -0.1) is 35.3 Å². The molecule has 4 rings (SSSR count). The molecule has 11 nitrogen and oxygen atoms in total. The number of carboxylic acids is 2. The van der Waals surface area contributed by atoms with Gasteiger partial charge in [0, 0.05) is 33.4 Å². The average molecular weight is 693 g/mol. The summed E-state index contributed by atoms with van der Waals surface area (Å²) in [6.07, 6.45) is 3.31. The van der Waals surface area contributed by atoms with Crippen molar-refractivity contribution in [3.05, 3.63) is 63.0 Å². The summed E-state index contributed by atoms with van der Waals surface area (Å²) in [5.74, 6) is -3.08. The number of carbonyl (C=O) groups is 5. The molecular formula is C25H22Cl3N4O7S3+. The van der Waals surface area contributed by atoms with Gasteiger partial charge in [-0.2, -0.15) is 4.57 Å². The van der Waals surface area contributed by atoms with Gasteiger partial charge in [-0.1, -0.05) is 34.8 Å². The van der Waals surface area contributed by atoms with Gasteiger partial charge in [0.25, 0.3) is 11.8 Å². The second-order valence-corrected chi connectivity index (χ2v) is 13.3. The first kappa shape index (κ1) is 32.3. The van der Waals surface area contributed by atoms with Gasteiger partial charge in [0.15, 0.2) is 12.4 Å². The summed E-state index contributed by atoms with van der Waals surface area (Å²) in [6, 6.07) is 5.68. The van der Waals surface area contributed by atoms with Crippen molar-refractivity contribution < 1.29 is 38.8 Å². The first-order chi connectivity index (χ1) is 19.9. The Labute approximate surface area is 267 Å². The first-order valence-corrected chi connectivity index (χ1v) is 16.2. The van der Waals surface area contributed by atoms with E-state index in [0.717, 1.165) is 16.7 Å². The van der Waals surface area contributed by atoms with E-state index < -0.39 is 47.6 Å². The fraction of sp³-hybridized carbons (Fsp3) is 0.280. The van der Waals surface area contributed by atoms with Crippen molar-refractivity contribution in [2.75, 3.05) is 23.8 Å². The molecule has 2 aliphatic rings. The fourth-order valence-corrected chi connectivity index (χ4v) is 7.89. The lowest BCUT2D eigenvalue weighted by Gasteiger charge is -2.49. The van der Waals surface area contributed by atoms with E-state index in [-0.39, 0.29) is 18.0 Å². The number of benzene rings is 1. The molecule has 3 amide bonds. The number of amides is 3. The highest BCUT2D eigenvalue weighted by Gasteiger charge is 2.54. The van der Waals surface area contributed by atoms with Crippen molar-refractivity contribution in [3.63, 3.8) is 0 Å². The number of β-lactam (4-membered cyclic amide) rings is 1. The fourth-order valence-electron chi connectivity index (χ4n) is 3.98. The number of aliphatic carboxylic acids is 2. The summed E-state index contributed by atoms with van der Waals surface area (Å²) in [4.78, 5) is 62.6. The molecular weight excluding hydrogens is 671 g/mol. The van der Waals surface area contributed by atoms with Crippen LogP contribution in [-0.4, -0.2) is 80.0 Å². The smallest absolute Gasteiger partial charge is 0.352 e. The van der Waals surface area contributed by atoms with Gasteiger partial charge in [-0.3, -0.25) is 24.1 Å². The summed E-state index contributed by atoms with van der Waals surface area (Å²) in [7, 11) is 0. The molecule has 1 aromatic heterocycles. The van der Waals surface area contributed by atoms with Crippen LogP contribution < -0.4 is 15.2 Å². The number of nitrogens with one attached hydrogen (secondary N) is 2. The van der Waals surface area contributed by atoms with Crippen LogP contribution in [-0.2, 0) is 30.5 Å². The zero-order chi connectivity index (χ0) is 30.6. The SMILES string of the molecule is O=C(O)CNC(=O)C[n+]1ccc(SCC2=C(C(=O)O)N3C(=O)[C@@H](NC(=O)CSc4cc(Cl)c(Cl)cc4Cl)[C@H]3SC2)cc1. The maximum Gasteiger partial charge on any atom is 0.352 e. The number of thioether (sulfide) groups is 3. The molecule has 3 heterocycles. The molecule has 0 spiro atoms. The number of aromatic nitrogens is 1. The Morgan fingerprint density at radius 2 is 1.71 bits per heavy atom. The van der Waals surface area contributed by atoms with Crippen molar-refractivity contribution in [1.29, 1.82) is 0 Å². The van der Waals surface area contributed by atoms with E-state index in [0.29, 0.717) is 37.0 Å². The Balaban J connectivity index is 1.33. The van der Waals surface area contributed by atoms with Gasteiger partial charge in [-0.05, 0) is 17.7 Å². The van der Waals surface area contributed by atoms with Crippen LogP contribution in [0.15, 0.2) is 57.7 Å². The molecule has 42 heavy (non-hydrogen) atoms. The van der Waals surface area contributed by atoms with Crippen molar-refractivity contribution >= 4 is 99.7 Å². The Hall–Kier alpha value is -2.62. The second-order valence-electron chi connectivity index (χ2n) is 8.86.